The largest absolute Gasteiger partial charge is 0.376 e. The zero-order valence-corrected chi connectivity index (χ0v) is 13.5. The second-order valence-corrected chi connectivity index (χ2v) is 6.34. The third kappa shape index (κ3) is 3.43. The van der Waals surface area contributed by atoms with Gasteiger partial charge in [-0.25, -0.2) is 4.99 Å². The molecule has 0 saturated carbocycles. The number of hydrogen-bond acceptors (Lipinski definition) is 4. The van der Waals surface area contributed by atoms with Crippen LogP contribution in [0, 0.1) is 0 Å². The van der Waals surface area contributed by atoms with Gasteiger partial charge in [0.1, 0.15) is 0 Å². The highest BCUT2D eigenvalue weighted by molar-refractivity contribution is 8.18. The van der Waals surface area contributed by atoms with Gasteiger partial charge in [0.2, 0.25) is 0 Å². The maximum Gasteiger partial charge on any atom is 0.264 e. The number of benzene rings is 1. The maximum absolute atomic E-state index is 12.0. The number of thioether (sulfide) groups is 1. The van der Waals surface area contributed by atoms with Crippen LogP contribution in [0.1, 0.15) is 0 Å². The molecule has 0 aliphatic carbocycles. The lowest BCUT2D eigenvalue weighted by molar-refractivity contribution is -0.115. The van der Waals surface area contributed by atoms with Crippen molar-refractivity contribution in [2.24, 2.45) is 4.99 Å². The van der Waals surface area contributed by atoms with E-state index in [4.69, 9.17) is 11.6 Å². The molecule has 112 valence electrons. The summed E-state index contributed by atoms with van der Waals surface area (Å²) >= 11 is 7.40. The van der Waals surface area contributed by atoms with Gasteiger partial charge in [-0.3, -0.25) is 4.79 Å². The molecule has 0 bridgehead atoms. The summed E-state index contributed by atoms with van der Waals surface area (Å²) in [7, 11) is 1.99. The fourth-order valence-corrected chi connectivity index (χ4v) is 3.09. The van der Waals surface area contributed by atoms with E-state index in [1.54, 1.807) is 6.07 Å². The van der Waals surface area contributed by atoms with E-state index in [1.807, 2.05) is 43.6 Å². The molecule has 1 aromatic carbocycles. The predicted octanol–water partition coefficient (Wildman–Crippen LogP) is 3.46. The third-order valence-corrected chi connectivity index (χ3v) is 4.33. The fourth-order valence-electron chi connectivity index (χ4n) is 2.07. The van der Waals surface area contributed by atoms with Crippen molar-refractivity contribution in [3.8, 4) is 0 Å². The summed E-state index contributed by atoms with van der Waals surface area (Å²) in [6.07, 6.45) is 7.93. The molecule has 3 rings (SSSR count). The minimum absolute atomic E-state index is 0.140. The first kappa shape index (κ1) is 14.9. The lowest BCUT2D eigenvalue weighted by Crippen LogP contribution is -2.19. The first-order chi connectivity index (χ1) is 10.6. The molecule has 0 unspecified atom stereocenters. The molecule has 2 heterocycles. The SMILES string of the molecule is CN1C=C(C=C2SC(=Nc3ccccc3Cl)NC2=O)C=CC1. The number of amidine groups is 1. The summed E-state index contributed by atoms with van der Waals surface area (Å²) < 4.78 is 0. The third-order valence-electron chi connectivity index (χ3n) is 3.10. The van der Waals surface area contributed by atoms with Crippen LogP contribution in [0.5, 0.6) is 0 Å². The van der Waals surface area contributed by atoms with Gasteiger partial charge >= 0.3 is 0 Å². The average Bonchev–Trinajstić information content (AvgIpc) is 2.81. The van der Waals surface area contributed by atoms with Crippen LogP contribution >= 0.6 is 23.4 Å². The van der Waals surface area contributed by atoms with Crippen LogP contribution in [0.25, 0.3) is 0 Å². The summed E-state index contributed by atoms with van der Waals surface area (Å²) in [6.45, 7) is 0.880. The van der Waals surface area contributed by atoms with E-state index in [2.05, 4.69) is 21.3 Å². The Balaban J connectivity index is 1.82. The van der Waals surface area contributed by atoms with Gasteiger partial charge in [0.15, 0.2) is 5.17 Å². The molecular weight excluding hydrogens is 318 g/mol. The van der Waals surface area contributed by atoms with Crippen LogP contribution in [0.15, 0.2) is 64.2 Å². The molecule has 1 aromatic rings. The van der Waals surface area contributed by atoms with Gasteiger partial charge in [-0.15, -0.1) is 0 Å². The molecule has 4 nitrogen and oxygen atoms in total. The van der Waals surface area contributed by atoms with Gasteiger partial charge in [-0.2, -0.15) is 0 Å². The number of rotatable bonds is 2. The van der Waals surface area contributed by atoms with Crippen molar-refractivity contribution in [1.29, 1.82) is 0 Å². The summed E-state index contributed by atoms with van der Waals surface area (Å²) in [5.74, 6) is -0.140. The normalized spacial score (nSPS) is 21.5. The van der Waals surface area contributed by atoms with Crippen molar-refractivity contribution in [2.45, 2.75) is 0 Å². The maximum atomic E-state index is 12.0. The second kappa shape index (κ2) is 6.42. The first-order valence-corrected chi connectivity index (χ1v) is 7.94. The van der Waals surface area contributed by atoms with Gasteiger partial charge in [0, 0.05) is 19.8 Å². The van der Waals surface area contributed by atoms with Gasteiger partial charge < -0.3 is 10.2 Å². The summed E-state index contributed by atoms with van der Waals surface area (Å²) in [5, 5.41) is 3.86. The molecule has 0 spiro atoms. The van der Waals surface area contributed by atoms with Crippen LogP contribution in [-0.2, 0) is 4.79 Å². The molecule has 2 aliphatic heterocycles. The van der Waals surface area contributed by atoms with Crippen molar-refractivity contribution in [3.63, 3.8) is 0 Å². The van der Waals surface area contributed by atoms with Gasteiger partial charge in [0.05, 0.1) is 15.6 Å². The number of nitrogens with one attached hydrogen (secondary N) is 1. The Morgan fingerprint density at radius 2 is 2.23 bits per heavy atom. The number of para-hydroxylation sites is 1. The number of carbonyl (C=O) groups is 1. The Kier molecular flexibility index (Phi) is 4.36. The highest BCUT2D eigenvalue weighted by Gasteiger charge is 2.24. The highest BCUT2D eigenvalue weighted by Crippen LogP contribution is 2.30. The van der Waals surface area contributed by atoms with E-state index in [1.165, 1.54) is 11.8 Å². The quantitative estimate of drug-likeness (QED) is 0.844. The Morgan fingerprint density at radius 3 is 3.00 bits per heavy atom. The molecule has 1 saturated heterocycles. The zero-order valence-electron chi connectivity index (χ0n) is 11.9. The van der Waals surface area contributed by atoms with Crippen molar-refractivity contribution < 1.29 is 4.79 Å². The molecule has 0 atom stereocenters. The molecule has 1 N–H and O–H groups in total. The van der Waals surface area contributed by atoms with Crippen molar-refractivity contribution in [1.82, 2.24) is 10.2 Å². The Bertz CT molecular complexity index is 737. The number of carbonyl (C=O) groups excluding carboxylic acids is 1. The minimum atomic E-state index is -0.140. The number of likely N-dealkylation sites (N-methyl/N-ethyl adjacent to an activating group) is 1. The van der Waals surface area contributed by atoms with Crippen LogP contribution < -0.4 is 5.32 Å². The van der Waals surface area contributed by atoms with Gasteiger partial charge in [-0.05, 0) is 35.5 Å². The number of hydrogen-bond donors (Lipinski definition) is 1. The van der Waals surface area contributed by atoms with Crippen LogP contribution in [0.3, 0.4) is 0 Å². The Hall–Kier alpha value is -1.98. The molecule has 6 heteroatoms. The van der Waals surface area contributed by atoms with Crippen LogP contribution in [-0.4, -0.2) is 29.6 Å². The lowest BCUT2D eigenvalue weighted by atomic mass is 10.2. The monoisotopic (exact) mass is 331 g/mol. The van der Waals surface area contributed by atoms with Crippen molar-refractivity contribution >= 4 is 40.1 Å². The van der Waals surface area contributed by atoms with Crippen molar-refractivity contribution in [2.75, 3.05) is 13.6 Å². The number of amides is 1. The lowest BCUT2D eigenvalue weighted by Gasteiger charge is -2.16. The van der Waals surface area contributed by atoms with E-state index in [9.17, 15) is 4.79 Å². The summed E-state index contributed by atoms with van der Waals surface area (Å²) in [6, 6.07) is 7.28. The zero-order chi connectivity index (χ0) is 15.5. The van der Waals surface area contributed by atoms with E-state index >= 15 is 0 Å². The fraction of sp³-hybridized carbons (Fsp3) is 0.125. The van der Waals surface area contributed by atoms with E-state index in [0.29, 0.717) is 20.8 Å². The molecular formula is C16H14ClN3OS. The molecule has 0 radical (unpaired) electrons. The number of halogens is 1. The van der Waals surface area contributed by atoms with Crippen molar-refractivity contribution in [3.05, 3.63) is 64.2 Å². The Morgan fingerprint density at radius 1 is 1.41 bits per heavy atom. The second-order valence-electron chi connectivity index (χ2n) is 4.90. The number of allylic oxidation sites excluding steroid dienone is 3. The molecule has 22 heavy (non-hydrogen) atoms. The number of aliphatic imine (C=N–C) groups is 1. The van der Waals surface area contributed by atoms with Crippen LogP contribution in [0.4, 0.5) is 5.69 Å². The summed E-state index contributed by atoms with van der Waals surface area (Å²) in [4.78, 5) is 19.1. The van der Waals surface area contributed by atoms with E-state index in [0.717, 1.165) is 12.1 Å². The van der Waals surface area contributed by atoms with E-state index in [-0.39, 0.29) is 5.91 Å². The van der Waals surface area contributed by atoms with Crippen LogP contribution in [0.2, 0.25) is 5.02 Å². The van der Waals surface area contributed by atoms with Gasteiger partial charge in [-0.1, -0.05) is 35.9 Å². The van der Waals surface area contributed by atoms with Gasteiger partial charge in [0.25, 0.3) is 5.91 Å². The molecule has 2 aliphatic rings. The topological polar surface area (TPSA) is 44.7 Å². The standard InChI is InChI=1S/C16H14ClN3OS/c1-20-8-4-5-11(10-20)9-14-15(21)19-16(22-14)18-13-7-3-2-6-12(13)17/h2-7,9-10H,8H2,1H3,(H,18,19,21). The highest BCUT2D eigenvalue weighted by atomic mass is 35.5. The summed E-state index contributed by atoms with van der Waals surface area (Å²) in [5.41, 5.74) is 1.63. The predicted molar refractivity (Wildman–Crippen MR) is 92.2 cm³/mol. The average molecular weight is 332 g/mol. The molecule has 1 fully saturated rings. The van der Waals surface area contributed by atoms with E-state index < -0.39 is 0 Å². The molecule has 0 aromatic heterocycles. The Labute approximate surface area is 138 Å². The minimum Gasteiger partial charge on any atom is -0.376 e. The smallest absolute Gasteiger partial charge is 0.264 e. The number of nitrogens with zero attached hydrogens (tertiary/aromatic N) is 2. The molecule has 1 amide bonds. The first-order valence-electron chi connectivity index (χ1n) is 6.74.